The van der Waals surface area contributed by atoms with Gasteiger partial charge in [-0.25, -0.2) is 0 Å². The Kier molecular flexibility index (Phi) is 63.4. The van der Waals surface area contributed by atoms with Gasteiger partial charge in [0.25, 0.3) is 0 Å². The number of alkyl halides is 1. The Hall–Kier alpha value is 3.00. The maximum Gasteiger partial charge on any atom is -1.00 e. The molecule has 1 atom stereocenters. The van der Waals surface area contributed by atoms with Gasteiger partial charge in [-0.1, -0.05) is 7.43 Å². The van der Waals surface area contributed by atoms with Crippen molar-refractivity contribution >= 4 is 133 Å². The molecule has 0 aromatic rings. The predicted molar refractivity (Wildman–Crippen MR) is 249 cm³/mol. The van der Waals surface area contributed by atoms with Crippen molar-refractivity contribution < 1.29 is 59.2 Å². The van der Waals surface area contributed by atoms with Crippen molar-refractivity contribution in [1.82, 2.24) is 26.6 Å². The summed E-state index contributed by atoms with van der Waals surface area (Å²) in [4.78, 5) is 44.5. The Morgan fingerprint density at radius 3 is 1.53 bits per heavy atom. The second kappa shape index (κ2) is 49.1. The molecule has 2 heterocycles. The van der Waals surface area contributed by atoms with Crippen LogP contribution in [0.3, 0.4) is 0 Å². The van der Waals surface area contributed by atoms with Gasteiger partial charge in [-0.15, -0.1) is 35.6 Å². The molecule has 12 nitrogen and oxygen atoms in total. The molecule has 0 spiro atoms. The smallest absolute Gasteiger partial charge is 1.00 e. The summed E-state index contributed by atoms with van der Waals surface area (Å²) in [6, 6.07) is 0. The summed E-state index contributed by atoms with van der Waals surface area (Å²) in [6.07, 6.45) is 5.52. The number of hydrogen-bond acceptors (Lipinski definition) is 9. The maximum absolute atomic E-state index is 11.7. The number of nitrogens with zero attached hydrogens (tertiary/aromatic N) is 1. The number of ether oxygens (including phenoxy) is 1. The SMILES string of the molecule is C.CNCCNCCNC(=O)CCCCC(C)=O.CNCC[N+]1(CCNC(=O)CCCCC(C)=O)CC(O)C1.ClCC1CO1.I.II.I[I-]I.[Cl-]. The number of Topliss-reactive ketones (excluding diaryl/α,β-unsaturated/α-hetero) is 2. The number of halogens is 8. The van der Waals surface area contributed by atoms with E-state index in [2.05, 4.69) is 101 Å². The second-order valence-electron chi connectivity index (χ2n) is 11.4. The molecule has 2 aliphatic heterocycles. The van der Waals surface area contributed by atoms with Crippen LogP contribution >= 0.6 is 110 Å². The minimum absolute atomic E-state index is 0. The average molecular weight is 1450 g/mol. The average Bonchev–Trinajstić information content (AvgIpc) is 3.88. The van der Waals surface area contributed by atoms with Crippen molar-refractivity contribution in [3.8, 4) is 0 Å². The summed E-state index contributed by atoms with van der Waals surface area (Å²) in [6.45, 7) is 12.3. The van der Waals surface area contributed by atoms with Gasteiger partial charge in [-0.2, -0.15) is 0 Å². The van der Waals surface area contributed by atoms with Gasteiger partial charge in [0.2, 0.25) is 11.8 Å². The van der Waals surface area contributed by atoms with E-state index >= 15 is 0 Å². The molecular formula is C31H65Cl2I6N6O6-. The first-order valence-electron chi connectivity index (χ1n) is 16.2. The van der Waals surface area contributed by atoms with Crippen LogP contribution in [0.5, 0.6) is 0 Å². The molecule has 6 N–H and O–H groups in total. The molecule has 0 radical (unpaired) electrons. The number of likely N-dealkylation sites (tertiary alicyclic amines) is 1. The number of unbranched alkanes of at least 4 members (excludes halogenated alkanes) is 2. The fourth-order valence-corrected chi connectivity index (χ4v) is 4.56. The topological polar surface area (TPSA) is 161 Å². The molecule has 312 valence electrons. The number of carbonyl (C=O) groups is 4. The molecular weight excluding hydrogens is 1380 g/mol. The Morgan fingerprint density at radius 2 is 1.18 bits per heavy atom. The third-order valence-electron chi connectivity index (χ3n) is 7.06. The van der Waals surface area contributed by atoms with Crippen LogP contribution in [0, 0.1) is 0 Å². The molecule has 2 aliphatic rings. The molecule has 0 bridgehead atoms. The first kappa shape index (κ1) is 65.8. The van der Waals surface area contributed by atoms with Crippen LogP contribution in [0.1, 0.15) is 72.6 Å². The number of quaternary nitrogens is 1. The standard InChI is InChI=1S/C15H29N3O3.C12H25N3O2.C3H5ClO.CH4.ClH.I3.I2.HI/c1-13(19)5-3-4-6-15(21)17-8-10-18(9-7-16-2)11-14(20)12-18;1-11(16)5-3-4-6-12(17)15-10-9-14-8-7-13-2;4-1-3-2-5-3;;;1-3-2;1-2;/h14,16,20H,3-12H2,1-2H3;13-14H,3-10H2,1-2H3,(H,15,17);3H,1-2H2;1H4;1H;;;1H/q;;;;;-1;;. The minimum Gasteiger partial charge on any atom is -1.00 e. The van der Waals surface area contributed by atoms with Gasteiger partial charge in [0.1, 0.15) is 24.7 Å². The Morgan fingerprint density at radius 1 is 0.784 bits per heavy atom. The van der Waals surface area contributed by atoms with Crippen LogP contribution in [0.25, 0.3) is 0 Å². The normalized spacial score (nSPS) is 17.4. The third kappa shape index (κ3) is 51.0. The molecule has 0 saturated carbocycles. The maximum atomic E-state index is 11.7. The van der Waals surface area contributed by atoms with Crippen molar-refractivity contribution in [2.24, 2.45) is 0 Å². The van der Waals surface area contributed by atoms with Crippen LogP contribution in [0.15, 0.2) is 0 Å². The Bertz CT molecular complexity index is 812. The summed E-state index contributed by atoms with van der Waals surface area (Å²) in [5.74, 6) is 1.18. The van der Waals surface area contributed by atoms with Crippen LogP contribution in [-0.2, 0) is 23.9 Å². The van der Waals surface area contributed by atoms with Crippen molar-refractivity contribution in [3.63, 3.8) is 0 Å². The molecule has 20 heteroatoms. The quantitative estimate of drug-likeness (QED) is 0.0252. The van der Waals surface area contributed by atoms with E-state index in [-0.39, 0.29) is 73.3 Å². The Labute approximate surface area is 390 Å². The van der Waals surface area contributed by atoms with E-state index in [0.717, 1.165) is 89.1 Å². The van der Waals surface area contributed by atoms with Crippen molar-refractivity contribution in [2.75, 3.05) is 92.0 Å². The summed E-state index contributed by atoms with van der Waals surface area (Å²) in [5.41, 5.74) is 0. The van der Waals surface area contributed by atoms with Gasteiger partial charge in [0.15, 0.2) is 6.10 Å². The largest absolute Gasteiger partial charge is 1.00 e. The van der Waals surface area contributed by atoms with Crippen molar-refractivity contribution in [3.05, 3.63) is 0 Å². The van der Waals surface area contributed by atoms with E-state index in [1.807, 2.05) is 14.1 Å². The van der Waals surface area contributed by atoms with Crippen molar-refractivity contribution in [1.29, 1.82) is 0 Å². The van der Waals surface area contributed by atoms with Gasteiger partial charge in [0, 0.05) is 95.6 Å². The van der Waals surface area contributed by atoms with E-state index in [9.17, 15) is 24.3 Å². The number of nitrogens with one attached hydrogen (secondary N) is 5. The molecule has 1 unspecified atom stereocenters. The number of epoxide rings is 1. The molecule has 2 saturated heterocycles. The van der Waals surface area contributed by atoms with Crippen LogP contribution < -0.4 is 52.2 Å². The molecule has 2 fully saturated rings. The molecule has 0 aromatic heterocycles. The second-order valence-corrected chi connectivity index (χ2v) is 28.0. The summed E-state index contributed by atoms with van der Waals surface area (Å²) >= 11 is 14.8. The summed E-state index contributed by atoms with van der Waals surface area (Å²) in [7, 11) is 3.83. The van der Waals surface area contributed by atoms with E-state index in [4.69, 9.17) is 16.3 Å². The van der Waals surface area contributed by atoms with Gasteiger partial charge in [-0.05, 0) is 53.6 Å². The zero-order valence-electron chi connectivity index (χ0n) is 29.8. The summed E-state index contributed by atoms with van der Waals surface area (Å²) < 4.78 is 5.61. The first-order chi connectivity index (χ1) is 23.0. The predicted octanol–water partition coefficient (Wildman–Crippen LogP) is -0.847. The fraction of sp³-hybridized carbons (Fsp3) is 0.871. The number of aliphatic hydroxyl groups excluding tert-OH is 1. The first-order valence-corrected chi connectivity index (χ1v) is 35.6. The van der Waals surface area contributed by atoms with Crippen LogP contribution in [0.4, 0.5) is 0 Å². The number of amides is 2. The number of ketones is 2. The molecule has 0 aromatic carbocycles. The zero-order valence-corrected chi connectivity index (χ0v) is 44.4. The van der Waals surface area contributed by atoms with Crippen molar-refractivity contribution in [2.45, 2.75) is 84.8 Å². The molecule has 2 rings (SSSR count). The number of carbonyl (C=O) groups excluding carboxylic acids is 4. The Balaban J connectivity index is -0.000000151. The van der Waals surface area contributed by atoms with Gasteiger partial charge in [0.05, 0.1) is 38.2 Å². The minimum atomic E-state index is -0.191. The van der Waals surface area contributed by atoms with E-state index in [1.54, 1.807) is 13.8 Å². The van der Waals surface area contributed by atoms with Gasteiger partial charge >= 0.3 is 50.5 Å². The van der Waals surface area contributed by atoms with Gasteiger partial charge < -0.3 is 62.9 Å². The number of rotatable bonds is 23. The van der Waals surface area contributed by atoms with E-state index in [1.165, 1.54) is 0 Å². The number of likely N-dealkylation sites (N-methyl/N-ethyl adjacent to an activating group) is 2. The van der Waals surface area contributed by atoms with E-state index in [0.29, 0.717) is 64.0 Å². The van der Waals surface area contributed by atoms with E-state index < -0.39 is 0 Å². The number of aliphatic hydroxyl groups is 1. The zero-order chi connectivity index (χ0) is 37.1. The molecule has 51 heavy (non-hydrogen) atoms. The molecule has 2 amide bonds. The number of hydrogen-bond donors (Lipinski definition) is 6. The van der Waals surface area contributed by atoms with Crippen LogP contribution in [-0.4, -0.2) is 137 Å². The van der Waals surface area contributed by atoms with Crippen LogP contribution in [0.2, 0.25) is 0 Å². The monoisotopic (exact) mass is 1450 g/mol. The third-order valence-corrected chi connectivity index (χ3v) is 7.40. The summed E-state index contributed by atoms with van der Waals surface area (Å²) in [5, 5.41) is 24.7. The molecule has 0 aliphatic carbocycles. The van der Waals surface area contributed by atoms with Gasteiger partial charge in [-0.3, -0.25) is 9.59 Å². The fourth-order valence-electron chi connectivity index (χ4n) is 4.38.